The molecule has 1 aromatic rings. The molecule has 0 aromatic heterocycles. The SMILES string of the molecule is CC1=C([N+](=O)[O-])[C@H](c2ccccc2OC(F)F)NC(=O)N1C. The number of ether oxygens (including phenoxy) is 1. The number of allylic oxidation sites excluding steroid dienone is 1. The van der Waals surface area contributed by atoms with Crippen LogP contribution in [-0.4, -0.2) is 29.5 Å². The molecule has 0 saturated heterocycles. The number of benzene rings is 1. The second kappa shape index (κ2) is 5.96. The first-order valence-electron chi connectivity index (χ1n) is 6.26. The van der Waals surface area contributed by atoms with E-state index in [1.54, 1.807) is 0 Å². The lowest BCUT2D eigenvalue weighted by molar-refractivity contribution is -0.433. The number of hydrogen-bond donors (Lipinski definition) is 1. The molecule has 1 aliphatic rings. The van der Waals surface area contributed by atoms with Gasteiger partial charge in [0.25, 0.3) is 5.70 Å². The predicted molar refractivity (Wildman–Crippen MR) is 71.8 cm³/mol. The van der Waals surface area contributed by atoms with Crippen LogP contribution < -0.4 is 10.1 Å². The Kier molecular flexibility index (Phi) is 4.25. The van der Waals surface area contributed by atoms with Crippen molar-refractivity contribution in [2.24, 2.45) is 0 Å². The summed E-state index contributed by atoms with van der Waals surface area (Å²) in [4.78, 5) is 23.6. The van der Waals surface area contributed by atoms with Crippen molar-refractivity contribution in [3.05, 3.63) is 51.3 Å². The fourth-order valence-electron chi connectivity index (χ4n) is 2.21. The van der Waals surface area contributed by atoms with Gasteiger partial charge in [0.05, 0.1) is 10.6 Å². The molecule has 2 amide bonds. The number of halogens is 2. The standard InChI is InChI=1S/C13H13F2N3O4/c1-7-11(18(20)21)10(16-13(19)17(7)2)8-5-3-4-6-9(8)22-12(14)15/h3-6,10,12H,1-2H3,(H,16,19)/t10-/m0/s1. The highest BCUT2D eigenvalue weighted by atomic mass is 19.3. The Morgan fingerprint density at radius 3 is 2.64 bits per heavy atom. The molecule has 0 fully saturated rings. The van der Waals surface area contributed by atoms with E-state index >= 15 is 0 Å². The molecule has 118 valence electrons. The molecule has 1 N–H and O–H groups in total. The molecule has 0 bridgehead atoms. The van der Waals surface area contributed by atoms with Crippen molar-refractivity contribution in [2.75, 3.05) is 7.05 Å². The van der Waals surface area contributed by atoms with Crippen molar-refractivity contribution in [3.8, 4) is 5.75 Å². The zero-order chi connectivity index (χ0) is 16.4. The minimum absolute atomic E-state index is 0.0929. The third-order valence-corrected chi connectivity index (χ3v) is 3.36. The number of alkyl halides is 2. The van der Waals surface area contributed by atoms with Crippen molar-refractivity contribution < 1.29 is 23.2 Å². The van der Waals surface area contributed by atoms with Crippen LogP contribution in [0.1, 0.15) is 18.5 Å². The van der Waals surface area contributed by atoms with Gasteiger partial charge in [-0.25, -0.2) is 4.79 Å². The zero-order valence-corrected chi connectivity index (χ0v) is 11.7. The highest BCUT2D eigenvalue weighted by Gasteiger charge is 2.39. The van der Waals surface area contributed by atoms with Crippen molar-refractivity contribution in [1.82, 2.24) is 10.2 Å². The van der Waals surface area contributed by atoms with E-state index in [0.29, 0.717) is 0 Å². The van der Waals surface area contributed by atoms with Gasteiger partial charge in [-0.1, -0.05) is 18.2 Å². The Morgan fingerprint density at radius 2 is 2.05 bits per heavy atom. The lowest BCUT2D eigenvalue weighted by Crippen LogP contribution is -2.46. The second-order valence-electron chi connectivity index (χ2n) is 4.59. The van der Waals surface area contributed by atoms with Crippen molar-refractivity contribution in [3.63, 3.8) is 0 Å². The minimum atomic E-state index is -3.08. The van der Waals surface area contributed by atoms with E-state index in [2.05, 4.69) is 10.1 Å². The van der Waals surface area contributed by atoms with E-state index < -0.39 is 23.6 Å². The Morgan fingerprint density at radius 1 is 1.41 bits per heavy atom. The second-order valence-corrected chi connectivity index (χ2v) is 4.59. The number of carbonyl (C=O) groups is 1. The van der Waals surface area contributed by atoms with Gasteiger partial charge in [0.15, 0.2) is 6.04 Å². The summed E-state index contributed by atoms with van der Waals surface area (Å²) in [6, 6.07) is 3.89. The van der Waals surface area contributed by atoms with Crippen molar-refractivity contribution >= 4 is 6.03 Å². The first kappa shape index (κ1) is 15.7. The molecular weight excluding hydrogens is 300 g/mol. The number of para-hydroxylation sites is 1. The van der Waals surface area contributed by atoms with Gasteiger partial charge >= 0.3 is 12.6 Å². The fourth-order valence-corrected chi connectivity index (χ4v) is 2.21. The van der Waals surface area contributed by atoms with Gasteiger partial charge in [-0.15, -0.1) is 0 Å². The number of nitro groups is 1. The summed E-state index contributed by atoms with van der Waals surface area (Å²) in [5.74, 6) is -0.223. The van der Waals surface area contributed by atoms with Crippen LogP contribution in [0.2, 0.25) is 0 Å². The Balaban J connectivity index is 2.55. The van der Waals surface area contributed by atoms with Crippen LogP contribution in [-0.2, 0) is 0 Å². The van der Waals surface area contributed by atoms with Crippen LogP contribution >= 0.6 is 0 Å². The van der Waals surface area contributed by atoms with E-state index in [4.69, 9.17) is 0 Å². The molecule has 0 unspecified atom stereocenters. The summed E-state index contributed by atoms with van der Waals surface area (Å²) >= 11 is 0. The van der Waals surface area contributed by atoms with E-state index in [1.165, 1.54) is 38.2 Å². The maximum atomic E-state index is 12.5. The number of nitrogens with zero attached hydrogens (tertiary/aromatic N) is 2. The maximum Gasteiger partial charge on any atom is 0.387 e. The first-order chi connectivity index (χ1) is 10.3. The Hall–Kier alpha value is -2.71. The summed E-state index contributed by atoms with van der Waals surface area (Å²) < 4.78 is 29.3. The van der Waals surface area contributed by atoms with Gasteiger partial charge in [0, 0.05) is 12.6 Å². The van der Waals surface area contributed by atoms with Crippen LogP contribution in [0.3, 0.4) is 0 Å². The lowest BCUT2D eigenvalue weighted by atomic mass is 9.99. The monoisotopic (exact) mass is 313 g/mol. The molecule has 1 aliphatic heterocycles. The zero-order valence-electron chi connectivity index (χ0n) is 11.7. The fraction of sp³-hybridized carbons (Fsp3) is 0.308. The van der Waals surface area contributed by atoms with E-state index in [0.717, 1.165) is 4.90 Å². The van der Waals surface area contributed by atoms with Crippen LogP contribution in [0.15, 0.2) is 35.7 Å². The van der Waals surface area contributed by atoms with Gasteiger partial charge in [0.1, 0.15) is 5.75 Å². The van der Waals surface area contributed by atoms with E-state index in [9.17, 15) is 23.7 Å². The molecule has 2 rings (SSSR count). The molecule has 0 spiro atoms. The third kappa shape index (κ3) is 2.83. The van der Waals surface area contributed by atoms with Gasteiger partial charge in [-0.2, -0.15) is 8.78 Å². The van der Waals surface area contributed by atoms with Crippen LogP contribution in [0.25, 0.3) is 0 Å². The van der Waals surface area contributed by atoms with Gasteiger partial charge < -0.3 is 10.1 Å². The van der Waals surface area contributed by atoms with Crippen molar-refractivity contribution in [2.45, 2.75) is 19.6 Å². The average molecular weight is 313 g/mol. The Labute approximate surface area is 124 Å². The third-order valence-electron chi connectivity index (χ3n) is 3.36. The molecule has 0 saturated carbocycles. The number of rotatable bonds is 4. The quantitative estimate of drug-likeness (QED) is 0.683. The molecule has 1 heterocycles. The number of carbonyl (C=O) groups excluding carboxylic acids is 1. The summed E-state index contributed by atoms with van der Waals surface area (Å²) in [6.07, 6.45) is 0. The summed E-state index contributed by atoms with van der Waals surface area (Å²) in [7, 11) is 1.38. The summed E-state index contributed by atoms with van der Waals surface area (Å²) in [5.41, 5.74) is -0.0756. The van der Waals surface area contributed by atoms with Gasteiger partial charge in [0.2, 0.25) is 0 Å². The lowest BCUT2D eigenvalue weighted by Gasteiger charge is -2.29. The highest BCUT2D eigenvalue weighted by Crippen LogP contribution is 2.35. The van der Waals surface area contributed by atoms with Crippen LogP contribution in [0.5, 0.6) is 5.75 Å². The molecular formula is C13H13F2N3O4. The van der Waals surface area contributed by atoms with E-state index in [-0.39, 0.29) is 22.7 Å². The minimum Gasteiger partial charge on any atom is -0.434 e. The van der Waals surface area contributed by atoms with Crippen LogP contribution in [0.4, 0.5) is 13.6 Å². The number of amides is 2. The Bertz CT molecular complexity index is 648. The van der Waals surface area contributed by atoms with Crippen molar-refractivity contribution in [1.29, 1.82) is 0 Å². The molecule has 0 radical (unpaired) electrons. The van der Waals surface area contributed by atoms with Crippen LogP contribution in [0, 0.1) is 10.1 Å². The molecule has 0 aliphatic carbocycles. The normalized spacial score (nSPS) is 18.5. The smallest absolute Gasteiger partial charge is 0.387 e. The average Bonchev–Trinajstić information content (AvgIpc) is 2.44. The molecule has 22 heavy (non-hydrogen) atoms. The molecule has 1 aromatic carbocycles. The molecule has 1 atom stereocenters. The predicted octanol–water partition coefficient (Wildman–Crippen LogP) is 2.49. The van der Waals surface area contributed by atoms with Gasteiger partial charge in [-0.3, -0.25) is 15.0 Å². The van der Waals surface area contributed by atoms with E-state index in [1.807, 2.05) is 0 Å². The summed E-state index contributed by atoms with van der Waals surface area (Å²) in [5, 5.41) is 13.7. The number of urea groups is 1. The number of hydrogen-bond acceptors (Lipinski definition) is 4. The number of nitrogens with one attached hydrogen (secondary N) is 1. The summed E-state index contributed by atoms with van der Waals surface area (Å²) in [6.45, 7) is -1.66. The largest absolute Gasteiger partial charge is 0.434 e. The molecule has 7 nitrogen and oxygen atoms in total. The maximum absolute atomic E-state index is 12.5. The first-order valence-corrected chi connectivity index (χ1v) is 6.26. The highest BCUT2D eigenvalue weighted by molar-refractivity contribution is 5.78. The molecule has 9 heteroatoms. The van der Waals surface area contributed by atoms with Gasteiger partial charge in [-0.05, 0) is 13.0 Å². The topological polar surface area (TPSA) is 84.7 Å².